The lowest BCUT2D eigenvalue weighted by Gasteiger charge is -2.34. The van der Waals surface area contributed by atoms with E-state index in [2.05, 4.69) is 11.9 Å². The maximum absolute atomic E-state index is 12.1. The Morgan fingerprint density at radius 1 is 1.65 bits per heavy atom. The Kier molecular flexibility index (Phi) is 4.86. The van der Waals surface area contributed by atoms with Gasteiger partial charge in [-0.3, -0.25) is 4.79 Å². The van der Waals surface area contributed by atoms with Crippen LogP contribution >= 0.6 is 24.0 Å². The average molecular weight is 278 g/mol. The van der Waals surface area contributed by atoms with Crippen LogP contribution in [0.1, 0.15) is 23.8 Å². The molecule has 17 heavy (non-hydrogen) atoms. The summed E-state index contributed by atoms with van der Waals surface area (Å²) in [6.45, 7) is 3.52. The van der Waals surface area contributed by atoms with Gasteiger partial charge in [0.25, 0.3) is 5.91 Å². The predicted octanol–water partition coefficient (Wildman–Crippen LogP) is 1.90. The number of nitrogens with zero attached hydrogens (tertiary/aromatic N) is 1. The van der Waals surface area contributed by atoms with Gasteiger partial charge in [0.15, 0.2) is 0 Å². The fraction of sp³-hybridized carbons (Fsp3) is 0.545. The minimum absolute atomic E-state index is 0. The lowest BCUT2D eigenvalue weighted by Crippen LogP contribution is -2.48. The van der Waals surface area contributed by atoms with Crippen molar-refractivity contribution in [3.05, 3.63) is 23.0 Å². The van der Waals surface area contributed by atoms with Crippen molar-refractivity contribution < 1.29 is 4.79 Å². The quantitative estimate of drug-likeness (QED) is 0.824. The Morgan fingerprint density at radius 3 is 2.88 bits per heavy atom. The molecule has 0 radical (unpaired) electrons. The zero-order valence-corrected chi connectivity index (χ0v) is 11.2. The number of hydrogen-bond donors (Lipinski definition) is 2. The molecule has 4 nitrogen and oxygen atoms in total. The largest absolute Gasteiger partial charge is 0.356 e. The normalized spacial score (nSPS) is 24.3. The second kappa shape index (κ2) is 5.76. The van der Waals surface area contributed by atoms with Crippen LogP contribution in [0.15, 0.2) is 12.3 Å². The zero-order valence-electron chi connectivity index (χ0n) is 9.65. The van der Waals surface area contributed by atoms with Crippen LogP contribution in [0.25, 0.3) is 0 Å². The van der Waals surface area contributed by atoms with E-state index >= 15 is 0 Å². The smallest absolute Gasteiger partial charge is 0.270 e. The van der Waals surface area contributed by atoms with Crippen molar-refractivity contribution >= 4 is 29.9 Å². The molecule has 2 rings (SSSR count). The van der Waals surface area contributed by atoms with E-state index in [4.69, 9.17) is 17.3 Å². The molecule has 1 fully saturated rings. The van der Waals surface area contributed by atoms with E-state index in [9.17, 15) is 4.79 Å². The Morgan fingerprint density at radius 2 is 2.35 bits per heavy atom. The van der Waals surface area contributed by atoms with Crippen LogP contribution in [0.4, 0.5) is 0 Å². The van der Waals surface area contributed by atoms with Crippen molar-refractivity contribution in [1.29, 1.82) is 0 Å². The van der Waals surface area contributed by atoms with Crippen LogP contribution in [0.2, 0.25) is 5.02 Å². The first-order valence-electron chi connectivity index (χ1n) is 5.46. The van der Waals surface area contributed by atoms with Crippen molar-refractivity contribution in [3.8, 4) is 0 Å². The highest BCUT2D eigenvalue weighted by atomic mass is 35.5. The summed E-state index contributed by atoms with van der Waals surface area (Å²) < 4.78 is 0. The maximum Gasteiger partial charge on any atom is 0.270 e. The minimum Gasteiger partial charge on any atom is -0.356 e. The fourth-order valence-electron chi connectivity index (χ4n) is 2.01. The van der Waals surface area contributed by atoms with Gasteiger partial charge in [-0.25, -0.2) is 0 Å². The van der Waals surface area contributed by atoms with E-state index in [0.29, 0.717) is 16.6 Å². The molecule has 2 unspecified atom stereocenters. The summed E-state index contributed by atoms with van der Waals surface area (Å²) in [4.78, 5) is 16.8. The number of likely N-dealkylation sites (tertiary alicyclic amines) is 1. The summed E-state index contributed by atoms with van der Waals surface area (Å²) >= 11 is 5.77. The molecule has 2 atom stereocenters. The number of aromatic amines is 1. The van der Waals surface area contributed by atoms with Gasteiger partial charge in [0.1, 0.15) is 5.69 Å². The molecular formula is C11H17Cl2N3O. The molecule has 1 aliphatic rings. The summed E-state index contributed by atoms with van der Waals surface area (Å²) in [5, 5.41) is 0.560. The number of hydrogen-bond acceptors (Lipinski definition) is 2. The number of H-pyrrole nitrogens is 1. The van der Waals surface area contributed by atoms with E-state index in [1.165, 1.54) is 0 Å². The van der Waals surface area contributed by atoms with E-state index in [0.717, 1.165) is 19.5 Å². The number of carbonyl (C=O) groups excluding carboxylic acids is 1. The molecule has 0 spiro atoms. The van der Waals surface area contributed by atoms with Crippen molar-refractivity contribution in [2.75, 3.05) is 13.1 Å². The lowest BCUT2D eigenvalue weighted by molar-refractivity contribution is 0.0659. The maximum atomic E-state index is 12.1. The highest BCUT2D eigenvalue weighted by Gasteiger charge is 2.27. The van der Waals surface area contributed by atoms with Gasteiger partial charge in [-0.15, -0.1) is 12.4 Å². The molecule has 96 valence electrons. The van der Waals surface area contributed by atoms with Crippen LogP contribution in [0.3, 0.4) is 0 Å². The number of nitrogens with one attached hydrogen (secondary N) is 1. The van der Waals surface area contributed by atoms with Crippen LogP contribution in [-0.4, -0.2) is 34.9 Å². The van der Waals surface area contributed by atoms with Gasteiger partial charge >= 0.3 is 0 Å². The molecule has 0 aliphatic carbocycles. The Hall–Kier alpha value is -0.710. The van der Waals surface area contributed by atoms with E-state index in [-0.39, 0.29) is 24.4 Å². The molecule has 1 amide bonds. The second-order valence-electron chi connectivity index (χ2n) is 4.41. The molecule has 0 bridgehead atoms. The topological polar surface area (TPSA) is 62.1 Å². The van der Waals surface area contributed by atoms with Gasteiger partial charge in [0, 0.05) is 25.3 Å². The molecule has 2 heterocycles. The number of nitrogens with two attached hydrogens (primary N) is 1. The van der Waals surface area contributed by atoms with Crippen LogP contribution in [0, 0.1) is 5.92 Å². The fourth-order valence-corrected chi connectivity index (χ4v) is 2.17. The SMILES string of the molecule is CC1CN(C(=O)c2cc(Cl)c[nH]2)CCC1N.Cl. The summed E-state index contributed by atoms with van der Waals surface area (Å²) in [5.74, 6) is 0.355. The Balaban J connectivity index is 0.00000144. The summed E-state index contributed by atoms with van der Waals surface area (Å²) in [5.41, 5.74) is 6.47. The molecule has 0 saturated carbocycles. The Bertz CT molecular complexity index is 394. The van der Waals surface area contributed by atoms with E-state index < -0.39 is 0 Å². The lowest BCUT2D eigenvalue weighted by atomic mass is 9.94. The minimum atomic E-state index is 0. The second-order valence-corrected chi connectivity index (χ2v) is 4.85. The number of piperidine rings is 1. The molecule has 1 aromatic heterocycles. The van der Waals surface area contributed by atoms with Gasteiger partial charge in [-0.05, 0) is 18.4 Å². The first-order valence-corrected chi connectivity index (χ1v) is 5.84. The van der Waals surface area contributed by atoms with Gasteiger partial charge in [0.05, 0.1) is 5.02 Å². The first-order chi connectivity index (χ1) is 7.58. The van der Waals surface area contributed by atoms with E-state index in [1.54, 1.807) is 12.3 Å². The van der Waals surface area contributed by atoms with Crippen LogP contribution < -0.4 is 5.73 Å². The molecule has 1 aromatic rings. The molecule has 1 saturated heterocycles. The number of amides is 1. The zero-order chi connectivity index (χ0) is 11.7. The van der Waals surface area contributed by atoms with Crippen molar-refractivity contribution in [2.24, 2.45) is 11.7 Å². The number of carbonyl (C=O) groups is 1. The van der Waals surface area contributed by atoms with Crippen LogP contribution in [-0.2, 0) is 0 Å². The predicted molar refractivity (Wildman–Crippen MR) is 70.7 cm³/mol. The molecule has 6 heteroatoms. The highest BCUT2D eigenvalue weighted by molar-refractivity contribution is 6.30. The highest BCUT2D eigenvalue weighted by Crippen LogP contribution is 2.18. The van der Waals surface area contributed by atoms with Crippen LogP contribution in [0.5, 0.6) is 0 Å². The van der Waals surface area contributed by atoms with Gasteiger partial charge in [0.2, 0.25) is 0 Å². The number of aromatic nitrogens is 1. The van der Waals surface area contributed by atoms with E-state index in [1.807, 2.05) is 4.90 Å². The average Bonchev–Trinajstić information content (AvgIpc) is 2.68. The van der Waals surface area contributed by atoms with Crippen molar-refractivity contribution in [2.45, 2.75) is 19.4 Å². The third-order valence-corrected chi connectivity index (χ3v) is 3.36. The first kappa shape index (κ1) is 14.4. The standard InChI is InChI=1S/C11H16ClN3O.ClH/c1-7-6-15(3-2-9(7)13)11(16)10-4-8(12)5-14-10;/h4-5,7,9,14H,2-3,6,13H2,1H3;1H. The van der Waals surface area contributed by atoms with Crippen molar-refractivity contribution in [3.63, 3.8) is 0 Å². The Labute approximate surface area is 112 Å². The molecular weight excluding hydrogens is 261 g/mol. The van der Waals surface area contributed by atoms with Crippen molar-refractivity contribution in [1.82, 2.24) is 9.88 Å². The third kappa shape index (κ3) is 3.15. The number of halogens is 2. The number of rotatable bonds is 1. The molecule has 1 aliphatic heterocycles. The van der Waals surface area contributed by atoms with Gasteiger partial charge in [-0.2, -0.15) is 0 Å². The van der Waals surface area contributed by atoms with Gasteiger partial charge < -0.3 is 15.6 Å². The molecule has 0 aromatic carbocycles. The molecule has 3 N–H and O–H groups in total. The summed E-state index contributed by atoms with van der Waals surface area (Å²) in [6.07, 6.45) is 2.48. The monoisotopic (exact) mass is 277 g/mol. The third-order valence-electron chi connectivity index (χ3n) is 3.14. The van der Waals surface area contributed by atoms with Gasteiger partial charge in [-0.1, -0.05) is 18.5 Å². The summed E-state index contributed by atoms with van der Waals surface area (Å²) in [6, 6.07) is 1.86. The summed E-state index contributed by atoms with van der Waals surface area (Å²) in [7, 11) is 0.